The predicted molar refractivity (Wildman–Crippen MR) is 51.9 cm³/mol. The van der Waals surface area contributed by atoms with Crippen molar-refractivity contribution < 1.29 is 13.5 Å². The van der Waals surface area contributed by atoms with Crippen LogP contribution in [-0.4, -0.2) is 21.8 Å². The van der Waals surface area contributed by atoms with Crippen molar-refractivity contribution in [2.75, 3.05) is 0 Å². The lowest BCUT2D eigenvalue weighted by Crippen LogP contribution is -2.02. The molecule has 82 valence electrons. The molecule has 0 saturated heterocycles. The van der Waals surface area contributed by atoms with Crippen molar-refractivity contribution in [1.82, 2.24) is 15.2 Å². The topological polar surface area (TPSA) is 47.9 Å². The van der Waals surface area contributed by atoms with Gasteiger partial charge >= 0.3 is 6.61 Å². The van der Waals surface area contributed by atoms with E-state index in [1.807, 2.05) is 0 Å². The van der Waals surface area contributed by atoms with Crippen molar-refractivity contribution in [2.24, 2.45) is 0 Å². The molecule has 4 nitrogen and oxygen atoms in total. The number of nitrogens with zero attached hydrogens (tertiary/aromatic N) is 3. The Morgan fingerprint density at radius 2 is 2.12 bits per heavy atom. The Hall–Kier alpha value is -2.11. The number of aromatic nitrogens is 3. The molecule has 0 fully saturated rings. The van der Waals surface area contributed by atoms with Crippen molar-refractivity contribution in [3.63, 3.8) is 0 Å². The molecule has 0 aliphatic rings. The molecule has 2 aromatic heterocycles. The monoisotopic (exact) mass is 223 g/mol. The summed E-state index contributed by atoms with van der Waals surface area (Å²) in [7, 11) is 0. The second-order valence-electron chi connectivity index (χ2n) is 2.90. The van der Waals surface area contributed by atoms with Crippen LogP contribution in [-0.2, 0) is 0 Å². The van der Waals surface area contributed by atoms with Gasteiger partial charge in [0.25, 0.3) is 0 Å². The summed E-state index contributed by atoms with van der Waals surface area (Å²) in [5.74, 6) is -0.00171. The first kappa shape index (κ1) is 10.4. The summed E-state index contributed by atoms with van der Waals surface area (Å²) in [6.07, 6.45) is 4.24. The highest BCUT2D eigenvalue weighted by molar-refractivity contribution is 5.58. The van der Waals surface area contributed by atoms with Crippen LogP contribution in [0.15, 0.2) is 36.8 Å². The van der Waals surface area contributed by atoms with E-state index in [1.54, 1.807) is 12.1 Å². The number of halogens is 2. The van der Waals surface area contributed by atoms with E-state index in [1.165, 1.54) is 24.7 Å². The van der Waals surface area contributed by atoms with Crippen molar-refractivity contribution in [3.05, 3.63) is 36.8 Å². The molecule has 0 unspecified atom stereocenters. The molecule has 0 bridgehead atoms. The molecule has 0 aliphatic carbocycles. The van der Waals surface area contributed by atoms with Gasteiger partial charge in [-0.3, -0.25) is 4.98 Å². The zero-order valence-electron chi connectivity index (χ0n) is 8.05. The lowest BCUT2D eigenvalue weighted by molar-refractivity contribution is -0.0500. The van der Waals surface area contributed by atoms with E-state index < -0.39 is 6.61 Å². The summed E-state index contributed by atoms with van der Waals surface area (Å²) in [6.45, 7) is -2.86. The van der Waals surface area contributed by atoms with Gasteiger partial charge in [-0.25, -0.2) is 0 Å². The number of pyridine rings is 1. The zero-order chi connectivity index (χ0) is 11.4. The Morgan fingerprint density at radius 3 is 2.81 bits per heavy atom. The van der Waals surface area contributed by atoms with Gasteiger partial charge in [-0.15, -0.1) is 0 Å². The molecule has 6 heteroatoms. The highest BCUT2D eigenvalue weighted by Gasteiger charge is 2.06. The molecule has 0 spiro atoms. The third-order valence-corrected chi connectivity index (χ3v) is 1.81. The average molecular weight is 223 g/mol. The molecule has 0 atom stereocenters. The van der Waals surface area contributed by atoms with Crippen LogP contribution >= 0.6 is 0 Å². The average Bonchev–Trinajstić information content (AvgIpc) is 2.30. The zero-order valence-corrected chi connectivity index (χ0v) is 8.05. The van der Waals surface area contributed by atoms with Crippen molar-refractivity contribution >= 4 is 0 Å². The minimum absolute atomic E-state index is 0.00171. The third kappa shape index (κ3) is 2.47. The second-order valence-corrected chi connectivity index (χ2v) is 2.90. The standard InChI is InChI=1S/C10H7F2N3O/c11-10(12)16-8-4-7(5-13-6-8)9-2-1-3-14-15-9/h1-6,10H. The summed E-state index contributed by atoms with van der Waals surface area (Å²) < 4.78 is 28.2. The fraction of sp³-hybridized carbons (Fsp3) is 0.100. The Bertz CT molecular complexity index is 465. The quantitative estimate of drug-likeness (QED) is 0.799. The van der Waals surface area contributed by atoms with Gasteiger partial charge in [0.2, 0.25) is 0 Å². The molecule has 0 amide bonds. The van der Waals surface area contributed by atoms with Crippen LogP contribution in [0.25, 0.3) is 11.3 Å². The fourth-order valence-corrected chi connectivity index (χ4v) is 1.18. The molecular weight excluding hydrogens is 216 g/mol. The molecule has 0 radical (unpaired) electrons. The minimum atomic E-state index is -2.86. The molecule has 16 heavy (non-hydrogen) atoms. The van der Waals surface area contributed by atoms with Crippen LogP contribution in [0, 0.1) is 0 Å². The Morgan fingerprint density at radius 1 is 1.25 bits per heavy atom. The molecule has 0 saturated carbocycles. The molecular formula is C10H7F2N3O. The second kappa shape index (κ2) is 4.61. The number of alkyl halides is 2. The normalized spacial score (nSPS) is 10.4. The van der Waals surface area contributed by atoms with E-state index in [0.717, 1.165) is 0 Å². The summed E-state index contributed by atoms with van der Waals surface area (Å²) >= 11 is 0. The Labute approximate surface area is 89.9 Å². The first-order valence-corrected chi connectivity index (χ1v) is 4.43. The van der Waals surface area contributed by atoms with Crippen LogP contribution in [0.1, 0.15) is 0 Å². The van der Waals surface area contributed by atoms with Crippen LogP contribution < -0.4 is 4.74 Å². The summed E-state index contributed by atoms with van der Waals surface area (Å²) in [6, 6.07) is 4.84. The molecule has 0 N–H and O–H groups in total. The molecule has 0 aliphatic heterocycles. The van der Waals surface area contributed by atoms with Gasteiger partial charge in [0.05, 0.1) is 11.9 Å². The summed E-state index contributed by atoms with van der Waals surface area (Å²) in [4.78, 5) is 3.79. The maximum atomic E-state index is 12.0. The fourth-order valence-electron chi connectivity index (χ4n) is 1.18. The number of ether oxygens (including phenoxy) is 1. The van der Waals surface area contributed by atoms with Crippen molar-refractivity contribution in [3.8, 4) is 17.0 Å². The van der Waals surface area contributed by atoms with E-state index >= 15 is 0 Å². The molecule has 0 aromatic carbocycles. The largest absolute Gasteiger partial charge is 0.433 e. The van der Waals surface area contributed by atoms with Crippen LogP contribution in [0.5, 0.6) is 5.75 Å². The Balaban J connectivity index is 2.29. The lowest BCUT2D eigenvalue weighted by Gasteiger charge is -2.05. The smallest absolute Gasteiger partial charge is 0.387 e. The van der Waals surface area contributed by atoms with Gasteiger partial charge in [-0.05, 0) is 18.2 Å². The molecule has 2 heterocycles. The van der Waals surface area contributed by atoms with Crippen LogP contribution in [0.2, 0.25) is 0 Å². The van der Waals surface area contributed by atoms with Crippen molar-refractivity contribution in [2.45, 2.75) is 6.61 Å². The molecule has 2 aromatic rings. The van der Waals surface area contributed by atoms with Gasteiger partial charge < -0.3 is 4.74 Å². The highest BCUT2D eigenvalue weighted by Crippen LogP contribution is 2.20. The van der Waals surface area contributed by atoms with Gasteiger partial charge in [-0.2, -0.15) is 19.0 Å². The van der Waals surface area contributed by atoms with Gasteiger partial charge in [0.15, 0.2) is 0 Å². The maximum Gasteiger partial charge on any atom is 0.387 e. The van der Waals surface area contributed by atoms with E-state index in [9.17, 15) is 8.78 Å². The SMILES string of the molecule is FC(F)Oc1cncc(-c2cccnn2)c1. The third-order valence-electron chi connectivity index (χ3n) is 1.81. The van der Waals surface area contributed by atoms with Gasteiger partial charge in [0.1, 0.15) is 5.75 Å². The van der Waals surface area contributed by atoms with Crippen molar-refractivity contribution in [1.29, 1.82) is 0 Å². The first-order chi connectivity index (χ1) is 7.75. The maximum absolute atomic E-state index is 12.0. The number of hydrogen-bond acceptors (Lipinski definition) is 4. The van der Waals surface area contributed by atoms with E-state index in [2.05, 4.69) is 19.9 Å². The number of hydrogen-bond donors (Lipinski definition) is 0. The van der Waals surface area contributed by atoms with Gasteiger partial charge in [0, 0.05) is 18.0 Å². The Kier molecular flexibility index (Phi) is 3.00. The number of rotatable bonds is 3. The van der Waals surface area contributed by atoms with Crippen LogP contribution in [0.4, 0.5) is 8.78 Å². The van der Waals surface area contributed by atoms with Gasteiger partial charge in [-0.1, -0.05) is 0 Å². The summed E-state index contributed by atoms with van der Waals surface area (Å²) in [5, 5.41) is 7.52. The highest BCUT2D eigenvalue weighted by atomic mass is 19.3. The van der Waals surface area contributed by atoms with Crippen LogP contribution in [0.3, 0.4) is 0 Å². The first-order valence-electron chi connectivity index (χ1n) is 4.43. The molecule has 2 rings (SSSR count). The minimum Gasteiger partial charge on any atom is -0.433 e. The van der Waals surface area contributed by atoms with E-state index in [0.29, 0.717) is 11.3 Å². The van der Waals surface area contributed by atoms with E-state index in [4.69, 9.17) is 0 Å². The van der Waals surface area contributed by atoms with E-state index in [-0.39, 0.29) is 5.75 Å². The lowest BCUT2D eigenvalue weighted by atomic mass is 10.2. The predicted octanol–water partition coefficient (Wildman–Crippen LogP) is 2.14. The summed E-state index contributed by atoms with van der Waals surface area (Å²) in [5.41, 5.74) is 1.13.